The van der Waals surface area contributed by atoms with Crippen molar-refractivity contribution in [2.75, 3.05) is 31.6 Å². The van der Waals surface area contributed by atoms with Crippen LogP contribution in [0.3, 0.4) is 0 Å². The van der Waals surface area contributed by atoms with Crippen LogP contribution in [0.25, 0.3) is 0 Å². The van der Waals surface area contributed by atoms with Crippen LogP contribution in [0.15, 0.2) is 30.9 Å². The lowest BCUT2D eigenvalue weighted by atomic mass is 10.2. The zero-order chi connectivity index (χ0) is 15.9. The van der Waals surface area contributed by atoms with Gasteiger partial charge in [-0.2, -0.15) is 0 Å². The van der Waals surface area contributed by atoms with Crippen LogP contribution in [0.5, 0.6) is 11.5 Å². The first-order valence-corrected chi connectivity index (χ1v) is 7.16. The van der Waals surface area contributed by atoms with Crippen LogP contribution < -0.4 is 14.8 Å². The van der Waals surface area contributed by atoms with E-state index >= 15 is 0 Å². The molecule has 0 atom stereocenters. The molecule has 1 aromatic carbocycles. The molecule has 1 N–H and O–H groups in total. The van der Waals surface area contributed by atoms with E-state index in [1.807, 2.05) is 0 Å². The lowest BCUT2D eigenvalue weighted by Gasteiger charge is -2.20. The number of rotatable bonds is 6. The second-order valence-corrected chi connectivity index (χ2v) is 4.91. The third kappa shape index (κ3) is 4.25. The second-order valence-electron chi connectivity index (χ2n) is 4.91. The van der Waals surface area contributed by atoms with Crippen molar-refractivity contribution in [2.45, 2.75) is 13.3 Å². The molecule has 1 aliphatic rings. The molecule has 118 valence electrons. The highest BCUT2D eigenvalue weighted by atomic mass is 16.6. The van der Waals surface area contributed by atoms with Crippen LogP contribution in [-0.2, 0) is 9.59 Å². The van der Waals surface area contributed by atoms with Gasteiger partial charge in [-0.25, -0.2) is 0 Å². The summed E-state index contributed by atoms with van der Waals surface area (Å²) in [4.78, 5) is 24.9. The molecule has 0 unspecified atom stereocenters. The molecule has 1 aliphatic heterocycles. The van der Waals surface area contributed by atoms with E-state index < -0.39 is 0 Å². The Labute approximate surface area is 129 Å². The van der Waals surface area contributed by atoms with Gasteiger partial charge in [-0.1, -0.05) is 6.08 Å². The van der Waals surface area contributed by atoms with Crippen molar-refractivity contribution in [3.05, 3.63) is 30.9 Å². The average Bonchev–Trinajstić information content (AvgIpc) is 2.51. The summed E-state index contributed by atoms with van der Waals surface area (Å²) in [5.74, 6) is 1.07. The van der Waals surface area contributed by atoms with Crippen LogP contribution in [0, 0.1) is 0 Å². The van der Waals surface area contributed by atoms with Gasteiger partial charge in [0.2, 0.25) is 11.8 Å². The molecule has 0 aromatic heterocycles. The van der Waals surface area contributed by atoms with E-state index in [-0.39, 0.29) is 18.2 Å². The minimum atomic E-state index is -0.160. The Balaban J connectivity index is 1.89. The van der Waals surface area contributed by atoms with E-state index in [4.69, 9.17) is 9.47 Å². The van der Waals surface area contributed by atoms with E-state index in [9.17, 15) is 9.59 Å². The number of fused-ring (bicyclic) bond motifs is 1. The van der Waals surface area contributed by atoms with Crippen LogP contribution in [-0.4, -0.2) is 43.0 Å². The number of carbonyl (C=O) groups is 2. The summed E-state index contributed by atoms with van der Waals surface area (Å²) < 4.78 is 10.9. The molecule has 6 nitrogen and oxygen atoms in total. The Morgan fingerprint density at radius 2 is 2.05 bits per heavy atom. The van der Waals surface area contributed by atoms with Gasteiger partial charge in [0.15, 0.2) is 11.5 Å². The molecular weight excluding hydrogens is 284 g/mol. The fraction of sp³-hybridized carbons (Fsp3) is 0.375. The van der Waals surface area contributed by atoms with Gasteiger partial charge >= 0.3 is 0 Å². The van der Waals surface area contributed by atoms with Gasteiger partial charge < -0.3 is 19.7 Å². The van der Waals surface area contributed by atoms with Crippen LogP contribution >= 0.6 is 0 Å². The predicted molar refractivity (Wildman–Crippen MR) is 83.1 cm³/mol. The first-order valence-electron chi connectivity index (χ1n) is 7.16. The van der Waals surface area contributed by atoms with Gasteiger partial charge in [0, 0.05) is 38.2 Å². The van der Waals surface area contributed by atoms with Crippen molar-refractivity contribution in [3.8, 4) is 11.5 Å². The lowest BCUT2D eigenvalue weighted by Crippen LogP contribution is -2.32. The standard InChI is InChI=1S/C16H20N2O4/c1-3-7-18(12(2)19)8-6-16(20)17-13-4-5-14-15(11-13)22-10-9-21-14/h3-5,11H,1,6-10H2,2H3,(H,17,20). The number of nitrogens with zero attached hydrogens (tertiary/aromatic N) is 1. The van der Waals surface area contributed by atoms with E-state index in [0.29, 0.717) is 43.5 Å². The highest BCUT2D eigenvalue weighted by Crippen LogP contribution is 2.32. The zero-order valence-electron chi connectivity index (χ0n) is 12.6. The van der Waals surface area contributed by atoms with Gasteiger partial charge in [-0.05, 0) is 12.1 Å². The topological polar surface area (TPSA) is 67.9 Å². The Hall–Kier alpha value is -2.50. The number of hydrogen-bond donors (Lipinski definition) is 1. The molecule has 0 spiro atoms. The summed E-state index contributed by atoms with van der Waals surface area (Å²) in [6, 6.07) is 5.26. The van der Waals surface area contributed by atoms with E-state index in [1.165, 1.54) is 6.92 Å². The summed E-state index contributed by atoms with van der Waals surface area (Å²) in [5.41, 5.74) is 0.646. The Bertz CT molecular complexity index is 571. The van der Waals surface area contributed by atoms with Gasteiger partial charge in [-0.15, -0.1) is 6.58 Å². The van der Waals surface area contributed by atoms with Crippen molar-refractivity contribution in [1.82, 2.24) is 4.90 Å². The zero-order valence-corrected chi connectivity index (χ0v) is 12.6. The molecular formula is C16H20N2O4. The van der Waals surface area contributed by atoms with Crippen molar-refractivity contribution < 1.29 is 19.1 Å². The number of benzene rings is 1. The van der Waals surface area contributed by atoms with Crippen LogP contribution in [0.1, 0.15) is 13.3 Å². The maximum Gasteiger partial charge on any atom is 0.226 e. The highest BCUT2D eigenvalue weighted by Gasteiger charge is 2.14. The third-order valence-electron chi connectivity index (χ3n) is 3.23. The minimum absolute atomic E-state index is 0.0768. The van der Waals surface area contributed by atoms with Gasteiger partial charge in [-0.3, -0.25) is 9.59 Å². The molecule has 2 amide bonds. The molecule has 0 bridgehead atoms. The smallest absolute Gasteiger partial charge is 0.226 e. The SMILES string of the molecule is C=CCN(CCC(=O)Nc1ccc2c(c1)OCCO2)C(C)=O. The first-order chi connectivity index (χ1) is 10.6. The summed E-state index contributed by atoms with van der Waals surface area (Å²) in [6.07, 6.45) is 1.86. The lowest BCUT2D eigenvalue weighted by molar-refractivity contribution is -0.128. The largest absolute Gasteiger partial charge is 0.486 e. The first kappa shape index (κ1) is 15.9. The van der Waals surface area contributed by atoms with Crippen molar-refractivity contribution in [2.24, 2.45) is 0 Å². The molecule has 22 heavy (non-hydrogen) atoms. The van der Waals surface area contributed by atoms with Crippen molar-refractivity contribution >= 4 is 17.5 Å². The van der Waals surface area contributed by atoms with Gasteiger partial charge in [0.1, 0.15) is 13.2 Å². The molecule has 1 heterocycles. The molecule has 0 saturated carbocycles. The minimum Gasteiger partial charge on any atom is -0.486 e. The summed E-state index contributed by atoms with van der Waals surface area (Å²) in [5, 5.41) is 2.79. The maximum atomic E-state index is 12.0. The predicted octanol–water partition coefficient (Wildman–Crippen LogP) is 1.82. The van der Waals surface area contributed by atoms with Gasteiger partial charge in [0.05, 0.1) is 0 Å². The number of carbonyl (C=O) groups excluding carboxylic acids is 2. The molecule has 0 radical (unpaired) electrons. The molecule has 6 heteroatoms. The quantitative estimate of drug-likeness (QED) is 0.814. The van der Waals surface area contributed by atoms with E-state index in [2.05, 4.69) is 11.9 Å². The Morgan fingerprint density at radius 1 is 1.32 bits per heavy atom. The molecule has 0 aliphatic carbocycles. The molecule has 0 saturated heterocycles. The van der Waals surface area contributed by atoms with Gasteiger partial charge in [0.25, 0.3) is 0 Å². The Morgan fingerprint density at radius 3 is 2.73 bits per heavy atom. The van der Waals surface area contributed by atoms with Crippen molar-refractivity contribution in [3.63, 3.8) is 0 Å². The fourth-order valence-corrected chi connectivity index (χ4v) is 2.11. The fourth-order valence-electron chi connectivity index (χ4n) is 2.11. The summed E-state index contributed by atoms with van der Waals surface area (Å²) in [7, 11) is 0. The number of ether oxygens (including phenoxy) is 2. The summed E-state index contributed by atoms with van der Waals surface area (Å²) in [6.45, 7) is 6.90. The highest BCUT2D eigenvalue weighted by molar-refractivity contribution is 5.91. The Kier molecular flexibility index (Phi) is 5.41. The van der Waals surface area contributed by atoms with E-state index in [1.54, 1.807) is 29.2 Å². The normalized spacial score (nSPS) is 12.4. The number of nitrogens with one attached hydrogen (secondary N) is 1. The monoisotopic (exact) mass is 304 g/mol. The molecule has 0 fully saturated rings. The van der Waals surface area contributed by atoms with Crippen molar-refractivity contribution in [1.29, 1.82) is 0 Å². The average molecular weight is 304 g/mol. The van der Waals surface area contributed by atoms with Crippen LogP contribution in [0.4, 0.5) is 5.69 Å². The van der Waals surface area contributed by atoms with E-state index in [0.717, 1.165) is 0 Å². The second kappa shape index (κ2) is 7.49. The number of hydrogen-bond acceptors (Lipinski definition) is 4. The maximum absolute atomic E-state index is 12.0. The number of anilines is 1. The molecule has 2 rings (SSSR count). The third-order valence-corrected chi connectivity index (χ3v) is 3.23. The summed E-state index contributed by atoms with van der Waals surface area (Å²) >= 11 is 0. The van der Waals surface area contributed by atoms with Crippen LogP contribution in [0.2, 0.25) is 0 Å². The molecule has 1 aromatic rings. The number of amides is 2.